The van der Waals surface area contributed by atoms with Crippen LogP contribution in [0.2, 0.25) is 0 Å². The average Bonchev–Trinajstić information content (AvgIpc) is 2.35. The van der Waals surface area contributed by atoms with Crippen LogP contribution in [-0.2, 0) is 23.9 Å². The SMILES string of the molecule is C=C(CC(=O)CC(C)(C)COC(=O)CC(=C)C(=O)O)C(=O)O. The molecule has 7 heteroatoms. The molecule has 0 aromatic carbocycles. The van der Waals surface area contributed by atoms with Crippen molar-refractivity contribution in [1.29, 1.82) is 0 Å². The van der Waals surface area contributed by atoms with Gasteiger partial charge in [-0.25, -0.2) is 9.59 Å². The summed E-state index contributed by atoms with van der Waals surface area (Å²) in [5.41, 5.74) is -1.18. The van der Waals surface area contributed by atoms with E-state index >= 15 is 0 Å². The van der Waals surface area contributed by atoms with E-state index in [1.54, 1.807) is 13.8 Å². The smallest absolute Gasteiger partial charge is 0.331 e. The molecule has 2 N–H and O–H groups in total. The maximum atomic E-state index is 11.7. The quantitative estimate of drug-likeness (QED) is 0.464. The highest BCUT2D eigenvalue weighted by Crippen LogP contribution is 2.23. The van der Waals surface area contributed by atoms with Gasteiger partial charge >= 0.3 is 17.9 Å². The summed E-state index contributed by atoms with van der Waals surface area (Å²) in [4.78, 5) is 44.3. The Hall–Kier alpha value is -2.44. The molecule has 0 unspecified atom stereocenters. The summed E-state index contributed by atoms with van der Waals surface area (Å²) in [5.74, 6) is -3.59. The van der Waals surface area contributed by atoms with Crippen molar-refractivity contribution in [3.63, 3.8) is 0 Å². The summed E-state index contributed by atoms with van der Waals surface area (Å²) in [6.45, 7) is 9.75. The summed E-state index contributed by atoms with van der Waals surface area (Å²) in [6.07, 6.45) is -0.704. The molecule has 0 spiro atoms. The summed E-state index contributed by atoms with van der Waals surface area (Å²) in [7, 11) is 0. The number of carboxylic acids is 2. The lowest BCUT2D eigenvalue weighted by Crippen LogP contribution is -2.26. The number of carbonyl (C=O) groups excluding carboxylic acids is 2. The molecule has 0 fully saturated rings. The second-order valence-corrected chi connectivity index (χ2v) is 5.71. The third-order valence-corrected chi connectivity index (χ3v) is 2.67. The Bertz CT molecular complexity index is 514. The third-order valence-electron chi connectivity index (χ3n) is 2.67. The Morgan fingerprint density at radius 2 is 1.41 bits per heavy atom. The van der Waals surface area contributed by atoms with Gasteiger partial charge in [-0.15, -0.1) is 0 Å². The van der Waals surface area contributed by atoms with Crippen LogP contribution < -0.4 is 0 Å². The van der Waals surface area contributed by atoms with Crippen LogP contribution in [0.5, 0.6) is 0 Å². The summed E-state index contributed by atoms with van der Waals surface area (Å²) < 4.78 is 4.93. The molecular formula is C15H20O7. The lowest BCUT2D eigenvalue weighted by atomic mass is 9.86. The zero-order valence-corrected chi connectivity index (χ0v) is 12.7. The lowest BCUT2D eigenvalue weighted by Gasteiger charge is -2.23. The van der Waals surface area contributed by atoms with Crippen molar-refractivity contribution in [3.05, 3.63) is 24.3 Å². The van der Waals surface area contributed by atoms with Gasteiger partial charge in [0.15, 0.2) is 0 Å². The van der Waals surface area contributed by atoms with Gasteiger partial charge in [0.25, 0.3) is 0 Å². The molecule has 0 saturated heterocycles. The molecule has 0 aliphatic carbocycles. The van der Waals surface area contributed by atoms with Gasteiger partial charge in [0.05, 0.1) is 13.0 Å². The monoisotopic (exact) mass is 312 g/mol. The third kappa shape index (κ3) is 7.98. The molecule has 122 valence electrons. The van der Waals surface area contributed by atoms with Crippen LogP contribution in [-0.4, -0.2) is 40.5 Å². The number of carboxylic acid groups (broad SMARTS) is 2. The van der Waals surface area contributed by atoms with Gasteiger partial charge in [-0.1, -0.05) is 27.0 Å². The molecule has 0 rings (SSSR count). The topological polar surface area (TPSA) is 118 Å². The fourth-order valence-electron chi connectivity index (χ4n) is 1.54. The minimum Gasteiger partial charge on any atom is -0.478 e. The van der Waals surface area contributed by atoms with Gasteiger partial charge in [0.1, 0.15) is 5.78 Å². The Morgan fingerprint density at radius 3 is 1.86 bits per heavy atom. The number of carbonyl (C=O) groups is 4. The van der Waals surface area contributed by atoms with Crippen LogP contribution in [0.25, 0.3) is 0 Å². The molecule has 0 aromatic rings. The number of esters is 1. The second kappa shape index (κ2) is 8.11. The Kier molecular flexibility index (Phi) is 7.21. The first-order valence-corrected chi connectivity index (χ1v) is 6.44. The number of aliphatic carboxylic acids is 2. The van der Waals surface area contributed by atoms with Crippen LogP contribution >= 0.6 is 0 Å². The molecule has 0 aliphatic rings. The second-order valence-electron chi connectivity index (χ2n) is 5.71. The fraction of sp³-hybridized carbons (Fsp3) is 0.467. The fourth-order valence-corrected chi connectivity index (χ4v) is 1.54. The lowest BCUT2D eigenvalue weighted by molar-refractivity contribution is -0.148. The molecule has 0 bridgehead atoms. The minimum absolute atomic E-state index is 0.00641. The summed E-state index contributed by atoms with van der Waals surface area (Å²) >= 11 is 0. The molecule has 0 saturated carbocycles. The maximum Gasteiger partial charge on any atom is 0.331 e. The van der Waals surface area contributed by atoms with Crippen LogP contribution in [0.1, 0.15) is 33.1 Å². The highest BCUT2D eigenvalue weighted by molar-refractivity contribution is 5.94. The predicted molar refractivity (Wildman–Crippen MR) is 77.1 cm³/mol. The van der Waals surface area contributed by atoms with Gasteiger partial charge in [0, 0.05) is 29.4 Å². The van der Waals surface area contributed by atoms with E-state index in [9.17, 15) is 19.2 Å². The van der Waals surface area contributed by atoms with E-state index in [0.29, 0.717) is 0 Å². The van der Waals surface area contributed by atoms with Crippen molar-refractivity contribution in [2.45, 2.75) is 33.1 Å². The number of rotatable bonds is 10. The van der Waals surface area contributed by atoms with Crippen molar-refractivity contribution in [3.8, 4) is 0 Å². The van der Waals surface area contributed by atoms with Crippen molar-refractivity contribution in [1.82, 2.24) is 0 Å². The Morgan fingerprint density at radius 1 is 0.955 bits per heavy atom. The molecule has 0 atom stereocenters. The standard InChI is InChI=1S/C15H20O7/c1-9(13(18)19)5-11(16)7-15(3,4)8-22-12(17)6-10(2)14(20)21/h1-2,5-8H2,3-4H3,(H,18,19)(H,20,21). The maximum absolute atomic E-state index is 11.7. The molecule has 0 aromatic heterocycles. The largest absolute Gasteiger partial charge is 0.478 e. The van der Waals surface area contributed by atoms with Crippen LogP contribution in [0, 0.1) is 5.41 Å². The zero-order chi connectivity index (χ0) is 17.5. The predicted octanol–water partition coefficient (Wildman–Crippen LogP) is 1.58. The van der Waals surface area contributed by atoms with Gasteiger partial charge < -0.3 is 14.9 Å². The van der Waals surface area contributed by atoms with Crippen LogP contribution in [0.3, 0.4) is 0 Å². The molecule has 7 nitrogen and oxygen atoms in total. The zero-order valence-electron chi connectivity index (χ0n) is 12.7. The summed E-state index contributed by atoms with van der Waals surface area (Å²) in [5, 5.41) is 17.3. The first kappa shape index (κ1) is 19.6. The number of hydrogen-bond donors (Lipinski definition) is 2. The first-order chi connectivity index (χ1) is 9.94. The van der Waals surface area contributed by atoms with Crippen molar-refractivity contribution in [2.75, 3.05) is 6.61 Å². The van der Waals surface area contributed by atoms with Gasteiger partial charge in [-0.2, -0.15) is 0 Å². The number of ether oxygens (including phenoxy) is 1. The van der Waals surface area contributed by atoms with Crippen molar-refractivity contribution in [2.24, 2.45) is 5.41 Å². The molecule has 0 heterocycles. The number of hydrogen-bond acceptors (Lipinski definition) is 5. The Balaban J connectivity index is 4.35. The minimum atomic E-state index is -1.28. The highest BCUT2D eigenvalue weighted by Gasteiger charge is 2.25. The number of ketones is 1. The van der Waals surface area contributed by atoms with E-state index in [0.717, 1.165) is 0 Å². The van der Waals surface area contributed by atoms with Crippen molar-refractivity contribution >= 4 is 23.7 Å². The van der Waals surface area contributed by atoms with E-state index in [4.69, 9.17) is 14.9 Å². The number of Topliss-reactive ketones (excluding diaryl/α,β-unsaturated/α-hetero) is 1. The Labute approximate surface area is 128 Å². The highest BCUT2D eigenvalue weighted by atomic mass is 16.5. The average molecular weight is 312 g/mol. The molecule has 0 aliphatic heterocycles. The van der Waals surface area contributed by atoms with Crippen LogP contribution in [0.4, 0.5) is 0 Å². The van der Waals surface area contributed by atoms with E-state index in [-0.39, 0.29) is 36.4 Å². The summed E-state index contributed by atoms with van der Waals surface area (Å²) in [6, 6.07) is 0. The molecule has 0 radical (unpaired) electrons. The van der Waals surface area contributed by atoms with Gasteiger partial charge in [-0.3, -0.25) is 9.59 Å². The van der Waals surface area contributed by atoms with E-state index in [1.807, 2.05) is 0 Å². The van der Waals surface area contributed by atoms with E-state index in [1.165, 1.54) is 0 Å². The molecular weight excluding hydrogens is 292 g/mol. The molecule has 0 amide bonds. The molecule has 22 heavy (non-hydrogen) atoms. The van der Waals surface area contributed by atoms with E-state index in [2.05, 4.69) is 13.2 Å². The first-order valence-electron chi connectivity index (χ1n) is 6.44. The normalized spacial score (nSPS) is 10.6. The van der Waals surface area contributed by atoms with Crippen LogP contribution in [0.15, 0.2) is 24.3 Å². The van der Waals surface area contributed by atoms with Gasteiger partial charge in [-0.05, 0) is 0 Å². The van der Waals surface area contributed by atoms with Crippen molar-refractivity contribution < 1.29 is 34.1 Å². The van der Waals surface area contributed by atoms with E-state index < -0.39 is 29.7 Å². The van der Waals surface area contributed by atoms with Gasteiger partial charge in [0.2, 0.25) is 0 Å².